The van der Waals surface area contributed by atoms with Gasteiger partial charge in [0.1, 0.15) is 12.2 Å². The van der Waals surface area contributed by atoms with Crippen LogP contribution in [0.1, 0.15) is 24.0 Å². The smallest absolute Gasteiger partial charge is 0.430 e. The van der Waals surface area contributed by atoms with Crippen molar-refractivity contribution in [2.45, 2.75) is 25.1 Å². The molecule has 0 saturated heterocycles. The molecule has 1 atom stereocenters. The third-order valence-corrected chi connectivity index (χ3v) is 6.59. The van der Waals surface area contributed by atoms with E-state index in [1.807, 2.05) is 42.6 Å². The molecule has 0 bridgehead atoms. The van der Waals surface area contributed by atoms with Gasteiger partial charge in [0.25, 0.3) is 5.91 Å². The van der Waals surface area contributed by atoms with E-state index in [2.05, 4.69) is 10.3 Å². The van der Waals surface area contributed by atoms with E-state index in [0.717, 1.165) is 16.0 Å². The van der Waals surface area contributed by atoms with Crippen LogP contribution in [-0.2, 0) is 14.4 Å². The van der Waals surface area contributed by atoms with Gasteiger partial charge in [-0.1, -0.05) is 12.1 Å². The van der Waals surface area contributed by atoms with Crippen LogP contribution in [0.15, 0.2) is 64.9 Å². The second kappa shape index (κ2) is 15.6. The number of halogens is 3. The van der Waals surface area contributed by atoms with Crippen molar-refractivity contribution in [2.24, 2.45) is 4.99 Å². The molecule has 0 aromatic heterocycles. The van der Waals surface area contributed by atoms with Crippen molar-refractivity contribution in [1.29, 1.82) is 0 Å². The Hall–Kier alpha value is -5.11. The van der Waals surface area contributed by atoms with Gasteiger partial charge in [0.05, 0.1) is 34.6 Å². The van der Waals surface area contributed by atoms with Crippen LogP contribution in [0.25, 0.3) is 12.2 Å². The van der Waals surface area contributed by atoms with Crippen molar-refractivity contribution in [3.05, 3.63) is 71.1 Å². The van der Waals surface area contributed by atoms with Gasteiger partial charge in [-0.2, -0.15) is 13.2 Å². The number of hydrogen-bond acceptors (Lipinski definition) is 9. The molecule has 0 spiro atoms. The summed E-state index contributed by atoms with van der Waals surface area (Å²) >= 11 is 0. The van der Waals surface area contributed by atoms with Gasteiger partial charge in [-0.3, -0.25) is 14.5 Å². The molecule has 1 amide bonds. The first-order valence-electron chi connectivity index (χ1n) is 13.4. The number of carboxylic acid groups (broad SMARTS) is 1. The monoisotopic (exact) mass is 631 g/mol. The number of methoxy groups -OCH3 is 4. The number of amides is 1. The number of carbonyl (C=O) groups is 3. The maximum Gasteiger partial charge on any atom is 0.430 e. The highest BCUT2D eigenvalue weighted by atomic mass is 19.4. The minimum atomic E-state index is -5.19. The average molecular weight is 632 g/mol. The number of alkyl halides is 3. The molecule has 2 aromatic carbocycles. The van der Waals surface area contributed by atoms with Gasteiger partial charge in [-0.15, -0.1) is 0 Å². The Morgan fingerprint density at radius 2 is 1.38 bits per heavy atom. The van der Waals surface area contributed by atoms with Crippen molar-refractivity contribution in [1.82, 2.24) is 5.32 Å². The quantitative estimate of drug-likeness (QED) is 0.399. The standard InChI is InChI=1S/C29H31N3O6.C2HF3O2/c1-35-24-7-5-19(13-26(24)37-3)11-21-15-23(31-28(33)17-32-10-9-30-18-32)16-22(29(21)34)12-20-6-8-25(36-2)27(14-20)38-4;3-2(4,5)1(6)7/h5-14,18,23H,15-17H2,1-4H3,(H,31,33);(H,6,7)/b21-11+,22-12+;. The molecule has 1 saturated carbocycles. The number of rotatable bonds is 9. The Morgan fingerprint density at radius 3 is 1.76 bits per heavy atom. The fourth-order valence-electron chi connectivity index (χ4n) is 4.52. The molecule has 1 heterocycles. The molecule has 1 aliphatic carbocycles. The second-order valence-corrected chi connectivity index (χ2v) is 9.70. The molecule has 14 heteroatoms. The van der Waals surface area contributed by atoms with E-state index in [1.165, 1.54) is 0 Å². The van der Waals surface area contributed by atoms with Crippen LogP contribution in [0.3, 0.4) is 0 Å². The van der Waals surface area contributed by atoms with E-state index in [9.17, 15) is 22.8 Å². The molecule has 11 nitrogen and oxygen atoms in total. The molecule has 1 fully saturated rings. The van der Waals surface area contributed by atoms with Gasteiger partial charge in [0, 0.05) is 17.2 Å². The summed E-state index contributed by atoms with van der Waals surface area (Å²) in [4.78, 5) is 40.0. The number of benzene rings is 2. The first-order valence-corrected chi connectivity index (χ1v) is 13.4. The Labute approximate surface area is 257 Å². The van der Waals surface area contributed by atoms with Gasteiger partial charge in [-0.05, 0) is 60.4 Å². The van der Waals surface area contributed by atoms with E-state index in [0.29, 0.717) is 47.0 Å². The van der Waals surface area contributed by atoms with Crippen molar-refractivity contribution < 1.29 is 56.5 Å². The van der Waals surface area contributed by atoms with Crippen LogP contribution < -0.4 is 34.3 Å². The van der Waals surface area contributed by atoms with E-state index in [1.54, 1.807) is 53.1 Å². The third kappa shape index (κ3) is 9.69. The minimum Gasteiger partial charge on any atom is -0.542 e. The number of carboxylic acids is 1. The fourth-order valence-corrected chi connectivity index (χ4v) is 4.52. The fraction of sp³-hybridized carbons (Fsp3) is 0.290. The summed E-state index contributed by atoms with van der Waals surface area (Å²) in [6.07, 6.45) is 4.45. The van der Waals surface area contributed by atoms with E-state index in [4.69, 9.17) is 28.8 Å². The first kappa shape index (κ1) is 34.4. The number of hydrogen-bond donors (Lipinski definition) is 2. The SMILES string of the molecule is COc1ccc(/C=C2\CC(NC(=O)C[NH+]3C=CN=C3)C/C(=C\c3ccc(OC)c(OC)c3)C2=O)cc1OC.O=C([O-])C(F)(F)F. The van der Waals surface area contributed by atoms with Crippen LogP contribution >= 0.6 is 0 Å². The molecule has 1 unspecified atom stereocenters. The number of nitrogens with zero attached hydrogens (tertiary/aromatic N) is 1. The second-order valence-electron chi connectivity index (χ2n) is 9.70. The number of nitrogens with one attached hydrogen (secondary N) is 2. The Kier molecular flexibility index (Phi) is 11.9. The van der Waals surface area contributed by atoms with Gasteiger partial charge >= 0.3 is 6.18 Å². The van der Waals surface area contributed by atoms with Crippen molar-refractivity contribution in [2.75, 3.05) is 35.0 Å². The Balaban J connectivity index is 0.000000707. The molecule has 0 radical (unpaired) electrons. The molecular weight excluding hydrogens is 599 g/mol. The predicted octanol–water partition coefficient (Wildman–Crippen LogP) is 1.73. The highest BCUT2D eigenvalue weighted by Gasteiger charge is 2.30. The van der Waals surface area contributed by atoms with Crippen LogP contribution in [0, 0.1) is 0 Å². The first-order chi connectivity index (χ1) is 21.4. The molecule has 2 N–H and O–H groups in total. The highest BCUT2D eigenvalue weighted by molar-refractivity contribution is 6.14. The van der Waals surface area contributed by atoms with Crippen molar-refractivity contribution in [3.63, 3.8) is 0 Å². The molecular formula is C31H32F3N3O8. The number of aliphatic imine (C=N–C) groups is 1. The number of ketones is 1. The maximum atomic E-state index is 13.6. The number of aliphatic carboxylic acids is 1. The lowest BCUT2D eigenvalue weighted by atomic mass is 9.83. The topological polar surface area (TPSA) is 140 Å². The maximum absolute atomic E-state index is 13.6. The third-order valence-electron chi connectivity index (χ3n) is 6.59. The van der Waals surface area contributed by atoms with Crippen LogP contribution in [0.5, 0.6) is 23.0 Å². The number of quaternary nitrogens is 1. The van der Waals surface area contributed by atoms with E-state index >= 15 is 0 Å². The largest absolute Gasteiger partial charge is 0.542 e. The minimum absolute atomic E-state index is 0.0692. The lowest BCUT2D eigenvalue weighted by molar-refractivity contribution is -0.726. The summed E-state index contributed by atoms with van der Waals surface area (Å²) in [7, 11) is 6.28. The van der Waals surface area contributed by atoms with Gasteiger partial charge in [-0.25, -0.2) is 4.99 Å². The summed E-state index contributed by atoms with van der Waals surface area (Å²) in [5, 5.41) is 11.9. The molecule has 45 heavy (non-hydrogen) atoms. The summed E-state index contributed by atoms with van der Waals surface area (Å²) in [6.45, 7) is 0.230. The lowest BCUT2D eigenvalue weighted by Crippen LogP contribution is -3.07. The van der Waals surface area contributed by atoms with Crippen molar-refractivity contribution >= 4 is 36.2 Å². The van der Waals surface area contributed by atoms with Gasteiger partial charge < -0.3 is 34.2 Å². The van der Waals surface area contributed by atoms with E-state index in [-0.39, 0.29) is 24.3 Å². The lowest BCUT2D eigenvalue weighted by Gasteiger charge is -2.27. The normalized spacial score (nSPS) is 19.1. The summed E-state index contributed by atoms with van der Waals surface area (Å²) in [5.41, 5.74) is 2.78. The molecule has 1 aliphatic heterocycles. The Bertz CT molecular complexity index is 1440. The molecule has 240 valence electrons. The summed E-state index contributed by atoms with van der Waals surface area (Å²) in [5.74, 6) is -0.851. The number of carbonyl (C=O) groups excluding carboxylic acids is 3. The highest BCUT2D eigenvalue weighted by Crippen LogP contribution is 2.33. The molecule has 4 rings (SSSR count). The predicted molar refractivity (Wildman–Crippen MR) is 156 cm³/mol. The van der Waals surface area contributed by atoms with Gasteiger partial charge in [0.2, 0.25) is 0 Å². The molecule has 2 aromatic rings. The Morgan fingerprint density at radius 1 is 0.911 bits per heavy atom. The van der Waals surface area contributed by atoms with Crippen molar-refractivity contribution in [3.8, 4) is 23.0 Å². The summed E-state index contributed by atoms with van der Waals surface area (Å²) < 4.78 is 53.1. The van der Waals surface area contributed by atoms with Gasteiger partial charge in [0.15, 0.2) is 41.7 Å². The molecule has 2 aliphatic rings. The van der Waals surface area contributed by atoms with Crippen LogP contribution in [0.4, 0.5) is 13.2 Å². The number of ether oxygens (including phenoxy) is 4. The zero-order valence-corrected chi connectivity index (χ0v) is 24.9. The average Bonchev–Trinajstić information content (AvgIpc) is 3.51. The van der Waals surface area contributed by atoms with E-state index < -0.39 is 12.1 Å². The van der Waals surface area contributed by atoms with Crippen LogP contribution in [-0.4, -0.2) is 71.2 Å². The zero-order valence-electron chi connectivity index (χ0n) is 24.9. The summed E-state index contributed by atoms with van der Waals surface area (Å²) in [6, 6.07) is 10.7. The van der Waals surface area contributed by atoms with Crippen LogP contribution in [0.2, 0.25) is 0 Å². The number of Topliss-reactive ketones (excluding diaryl/α,β-unsaturated/α-hetero) is 1. The zero-order chi connectivity index (χ0) is 33.1.